The van der Waals surface area contributed by atoms with Crippen LogP contribution in [0.2, 0.25) is 0 Å². The number of hydrogen-bond donors (Lipinski definition) is 2. The maximum absolute atomic E-state index is 11.8. The first-order valence-corrected chi connectivity index (χ1v) is 5.95. The molecule has 5 heteroatoms. The molecule has 1 saturated carbocycles. The first kappa shape index (κ1) is 10.8. The Morgan fingerprint density at radius 1 is 1.28 bits per heavy atom. The molecule has 0 saturated heterocycles. The van der Waals surface area contributed by atoms with Gasteiger partial charge in [0.2, 0.25) is 0 Å². The summed E-state index contributed by atoms with van der Waals surface area (Å²) in [6.07, 6.45) is 3.92. The number of nitrogen functional groups attached to an aromatic ring is 1. The zero-order valence-corrected chi connectivity index (χ0v) is 9.84. The predicted molar refractivity (Wildman–Crippen MR) is 68.5 cm³/mol. The molecule has 0 spiro atoms. The van der Waals surface area contributed by atoms with Crippen LogP contribution in [0.5, 0.6) is 0 Å². The molecule has 1 heterocycles. The van der Waals surface area contributed by atoms with Crippen LogP contribution in [0, 0.1) is 0 Å². The maximum atomic E-state index is 11.8. The molecule has 3 rings (SSSR count). The molecule has 0 aliphatic heterocycles. The average Bonchev–Trinajstić information content (AvgIpc) is 3.04. The van der Waals surface area contributed by atoms with E-state index in [1.165, 1.54) is 0 Å². The normalized spacial score (nSPS) is 14.4. The lowest BCUT2D eigenvalue weighted by molar-refractivity contribution is 0.0945. The van der Waals surface area contributed by atoms with Gasteiger partial charge in [-0.2, -0.15) is 5.10 Å². The Morgan fingerprint density at radius 3 is 2.67 bits per heavy atom. The van der Waals surface area contributed by atoms with Crippen molar-refractivity contribution in [3.8, 4) is 5.69 Å². The highest BCUT2D eigenvalue weighted by molar-refractivity contribution is 5.92. The van der Waals surface area contributed by atoms with Crippen molar-refractivity contribution in [3.05, 3.63) is 42.2 Å². The number of amides is 1. The van der Waals surface area contributed by atoms with Gasteiger partial charge in [0, 0.05) is 17.9 Å². The van der Waals surface area contributed by atoms with Crippen molar-refractivity contribution >= 4 is 11.6 Å². The van der Waals surface area contributed by atoms with Crippen molar-refractivity contribution in [1.29, 1.82) is 0 Å². The summed E-state index contributed by atoms with van der Waals surface area (Å²) in [4.78, 5) is 11.8. The van der Waals surface area contributed by atoms with Gasteiger partial charge in [-0.25, -0.2) is 4.68 Å². The van der Waals surface area contributed by atoms with Gasteiger partial charge in [-0.15, -0.1) is 0 Å². The van der Waals surface area contributed by atoms with Gasteiger partial charge in [0.15, 0.2) is 5.69 Å². The van der Waals surface area contributed by atoms with Crippen LogP contribution in [0.15, 0.2) is 36.5 Å². The van der Waals surface area contributed by atoms with Gasteiger partial charge in [-0.3, -0.25) is 4.79 Å². The highest BCUT2D eigenvalue weighted by Crippen LogP contribution is 2.19. The van der Waals surface area contributed by atoms with E-state index in [0.29, 0.717) is 17.4 Å². The lowest BCUT2D eigenvalue weighted by Gasteiger charge is -2.02. The minimum absolute atomic E-state index is 0.105. The van der Waals surface area contributed by atoms with Crippen molar-refractivity contribution in [2.45, 2.75) is 18.9 Å². The highest BCUT2D eigenvalue weighted by Gasteiger charge is 2.24. The minimum atomic E-state index is -0.105. The fourth-order valence-electron chi connectivity index (χ4n) is 1.70. The standard InChI is InChI=1S/C13H14N4O/c14-9-1-5-11(6-2-9)17-8-7-12(16-17)13(18)15-10-3-4-10/h1-2,5-8,10H,3-4,14H2,(H,15,18). The number of nitrogens with two attached hydrogens (primary N) is 1. The van der Waals surface area contributed by atoms with Crippen LogP contribution in [-0.4, -0.2) is 21.7 Å². The van der Waals surface area contributed by atoms with Gasteiger partial charge in [0.1, 0.15) is 0 Å². The van der Waals surface area contributed by atoms with Crippen LogP contribution >= 0.6 is 0 Å². The average molecular weight is 242 g/mol. The molecule has 92 valence electrons. The zero-order valence-electron chi connectivity index (χ0n) is 9.84. The van der Waals surface area contributed by atoms with Gasteiger partial charge in [-0.1, -0.05) is 0 Å². The molecule has 5 nitrogen and oxygen atoms in total. The molecule has 1 aliphatic carbocycles. The Morgan fingerprint density at radius 2 is 2.00 bits per heavy atom. The molecular formula is C13H14N4O. The summed E-state index contributed by atoms with van der Waals surface area (Å²) in [6.45, 7) is 0. The lowest BCUT2D eigenvalue weighted by Crippen LogP contribution is -2.25. The third-order valence-electron chi connectivity index (χ3n) is 2.89. The molecule has 18 heavy (non-hydrogen) atoms. The summed E-state index contributed by atoms with van der Waals surface area (Å²) in [6, 6.07) is 9.41. The van der Waals surface area contributed by atoms with Crippen LogP contribution in [0.25, 0.3) is 5.69 Å². The summed E-state index contributed by atoms with van der Waals surface area (Å²) >= 11 is 0. The van der Waals surface area contributed by atoms with Gasteiger partial charge in [0.05, 0.1) is 5.69 Å². The van der Waals surface area contributed by atoms with Gasteiger partial charge < -0.3 is 11.1 Å². The molecule has 3 N–H and O–H groups in total. The third kappa shape index (κ3) is 2.20. The molecule has 1 aromatic heterocycles. The number of benzene rings is 1. The fraction of sp³-hybridized carbons (Fsp3) is 0.231. The molecular weight excluding hydrogens is 228 g/mol. The second-order valence-corrected chi connectivity index (χ2v) is 4.48. The molecule has 1 amide bonds. The van der Waals surface area contributed by atoms with E-state index >= 15 is 0 Å². The summed E-state index contributed by atoms with van der Waals surface area (Å²) in [7, 11) is 0. The second kappa shape index (κ2) is 4.18. The Bertz CT molecular complexity index is 569. The fourth-order valence-corrected chi connectivity index (χ4v) is 1.70. The largest absolute Gasteiger partial charge is 0.399 e. The Labute approximate surface area is 105 Å². The van der Waals surface area contributed by atoms with Crippen LogP contribution in [0.1, 0.15) is 23.3 Å². The molecule has 0 atom stereocenters. The Hall–Kier alpha value is -2.30. The Kier molecular flexibility index (Phi) is 2.51. The number of nitrogens with one attached hydrogen (secondary N) is 1. The van der Waals surface area contributed by atoms with Crippen molar-refractivity contribution < 1.29 is 4.79 Å². The number of nitrogens with zero attached hydrogens (tertiary/aromatic N) is 2. The number of rotatable bonds is 3. The molecule has 1 aromatic carbocycles. The van der Waals surface area contributed by atoms with Crippen molar-refractivity contribution in [3.63, 3.8) is 0 Å². The van der Waals surface area contributed by atoms with E-state index in [4.69, 9.17) is 5.73 Å². The molecule has 0 radical (unpaired) electrons. The van der Waals surface area contributed by atoms with Crippen molar-refractivity contribution in [2.24, 2.45) is 0 Å². The molecule has 1 aliphatic rings. The van der Waals surface area contributed by atoms with E-state index in [-0.39, 0.29) is 5.91 Å². The second-order valence-electron chi connectivity index (χ2n) is 4.48. The van der Waals surface area contributed by atoms with Gasteiger partial charge in [0.25, 0.3) is 5.91 Å². The molecule has 1 fully saturated rings. The smallest absolute Gasteiger partial charge is 0.272 e. The monoisotopic (exact) mass is 242 g/mol. The van der Waals surface area contributed by atoms with Gasteiger partial charge >= 0.3 is 0 Å². The van der Waals surface area contributed by atoms with E-state index in [1.807, 2.05) is 12.1 Å². The summed E-state index contributed by atoms with van der Waals surface area (Å²) in [5.74, 6) is -0.105. The molecule has 2 aromatic rings. The van der Waals surface area contributed by atoms with Crippen LogP contribution in [-0.2, 0) is 0 Å². The van der Waals surface area contributed by atoms with Crippen LogP contribution in [0.3, 0.4) is 0 Å². The predicted octanol–water partition coefficient (Wildman–Crippen LogP) is 1.35. The van der Waals surface area contributed by atoms with E-state index in [9.17, 15) is 4.79 Å². The zero-order chi connectivity index (χ0) is 12.5. The maximum Gasteiger partial charge on any atom is 0.272 e. The number of anilines is 1. The number of carbonyl (C=O) groups excluding carboxylic acids is 1. The summed E-state index contributed by atoms with van der Waals surface area (Å²) in [5, 5.41) is 7.16. The van der Waals surface area contributed by atoms with E-state index in [0.717, 1.165) is 18.5 Å². The SMILES string of the molecule is Nc1ccc(-n2ccc(C(=O)NC3CC3)n2)cc1. The van der Waals surface area contributed by atoms with Crippen LogP contribution in [0.4, 0.5) is 5.69 Å². The first-order valence-electron chi connectivity index (χ1n) is 5.95. The van der Waals surface area contributed by atoms with Crippen molar-refractivity contribution in [1.82, 2.24) is 15.1 Å². The van der Waals surface area contributed by atoms with E-state index in [1.54, 1.807) is 29.1 Å². The quantitative estimate of drug-likeness (QED) is 0.798. The summed E-state index contributed by atoms with van der Waals surface area (Å²) in [5.41, 5.74) is 7.66. The number of hydrogen-bond acceptors (Lipinski definition) is 3. The molecule has 0 bridgehead atoms. The van der Waals surface area contributed by atoms with Crippen LogP contribution < -0.4 is 11.1 Å². The molecule has 0 unspecified atom stereocenters. The van der Waals surface area contributed by atoms with Gasteiger partial charge in [-0.05, 0) is 43.2 Å². The lowest BCUT2D eigenvalue weighted by atomic mass is 10.3. The number of carbonyl (C=O) groups is 1. The van der Waals surface area contributed by atoms with E-state index in [2.05, 4.69) is 10.4 Å². The highest BCUT2D eigenvalue weighted by atomic mass is 16.2. The minimum Gasteiger partial charge on any atom is -0.399 e. The number of aromatic nitrogens is 2. The Balaban J connectivity index is 1.79. The third-order valence-corrected chi connectivity index (χ3v) is 2.89. The van der Waals surface area contributed by atoms with Crippen molar-refractivity contribution in [2.75, 3.05) is 5.73 Å². The topological polar surface area (TPSA) is 72.9 Å². The first-order chi connectivity index (χ1) is 8.72. The van der Waals surface area contributed by atoms with E-state index < -0.39 is 0 Å². The summed E-state index contributed by atoms with van der Waals surface area (Å²) < 4.78 is 1.67.